The predicted octanol–water partition coefficient (Wildman–Crippen LogP) is -0.185. The van der Waals surface area contributed by atoms with Crippen molar-refractivity contribution in [2.45, 2.75) is 17.4 Å². The first-order valence-corrected chi connectivity index (χ1v) is 7.58. The van der Waals surface area contributed by atoms with Gasteiger partial charge in [0.2, 0.25) is 10.0 Å². The molecule has 2 rings (SSSR count). The maximum absolute atomic E-state index is 12.3. The molecule has 8 heteroatoms. The standard InChI is InChI=1S/C13H15NO6S/c1-13(7-15,8-16)14-21(18,19)10-3-4-11-9(6-10)2-5-12(17)20-11/h2-6,14-16H,7-8H2,1H3. The largest absolute Gasteiger partial charge is 0.423 e. The van der Waals surface area contributed by atoms with Crippen molar-refractivity contribution in [3.05, 3.63) is 40.8 Å². The van der Waals surface area contributed by atoms with E-state index in [1.807, 2.05) is 0 Å². The first-order chi connectivity index (χ1) is 9.79. The molecule has 0 atom stereocenters. The lowest BCUT2D eigenvalue weighted by atomic mass is 10.1. The summed E-state index contributed by atoms with van der Waals surface area (Å²) < 4.78 is 31.7. The molecule has 3 N–H and O–H groups in total. The van der Waals surface area contributed by atoms with Crippen molar-refractivity contribution in [1.82, 2.24) is 4.72 Å². The van der Waals surface area contributed by atoms with Crippen LogP contribution in [-0.2, 0) is 10.0 Å². The van der Waals surface area contributed by atoms with Gasteiger partial charge in [0.25, 0.3) is 0 Å². The van der Waals surface area contributed by atoms with Crippen LogP contribution in [0, 0.1) is 0 Å². The Morgan fingerprint density at radius 2 is 1.86 bits per heavy atom. The molecule has 0 saturated carbocycles. The van der Waals surface area contributed by atoms with Crippen molar-refractivity contribution in [2.24, 2.45) is 0 Å². The summed E-state index contributed by atoms with van der Waals surface area (Å²) in [6, 6.07) is 6.65. The van der Waals surface area contributed by atoms with Gasteiger partial charge in [0.05, 0.1) is 23.6 Å². The van der Waals surface area contributed by atoms with Gasteiger partial charge >= 0.3 is 5.63 Å². The lowest BCUT2D eigenvalue weighted by Crippen LogP contribution is -2.51. The molecule has 7 nitrogen and oxygen atoms in total. The van der Waals surface area contributed by atoms with E-state index in [1.165, 1.54) is 37.3 Å². The third-order valence-corrected chi connectivity index (χ3v) is 4.62. The Morgan fingerprint density at radius 1 is 1.19 bits per heavy atom. The van der Waals surface area contributed by atoms with Crippen molar-refractivity contribution in [1.29, 1.82) is 0 Å². The zero-order chi connectivity index (χ0) is 15.7. The van der Waals surface area contributed by atoms with E-state index in [2.05, 4.69) is 4.72 Å². The topological polar surface area (TPSA) is 117 Å². The van der Waals surface area contributed by atoms with Gasteiger partial charge in [-0.2, -0.15) is 0 Å². The van der Waals surface area contributed by atoms with E-state index in [-0.39, 0.29) is 10.5 Å². The fourth-order valence-electron chi connectivity index (χ4n) is 1.71. The molecule has 2 aromatic rings. The number of benzene rings is 1. The average Bonchev–Trinajstić information content (AvgIpc) is 2.46. The van der Waals surface area contributed by atoms with Gasteiger partial charge in [0.15, 0.2) is 0 Å². The van der Waals surface area contributed by atoms with Gasteiger partial charge in [-0.1, -0.05) is 0 Å². The minimum Gasteiger partial charge on any atom is -0.423 e. The fourth-order valence-corrected chi connectivity index (χ4v) is 3.14. The third kappa shape index (κ3) is 3.30. The molecule has 0 unspecified atom stereocenters. The van der Waals surface area contributed by atoms with Gasteiger partial charge in [-0.25, -0.2) is 17.9 Å². The maximum Gasteiger partial charge on any atom is 0.336 e. The van der Waals surface area contributed by atoms with Crippen LogP contribution in [0.2, 0.25) is 0 Å². The Bertz CT molecular complexity index is 807. The molecule has 0 spiro atoms. The van der Waals surface area contributed by atoms with Crippen molar-refractivity contribution in [2.75, 3.05) is 13.2 Å². The van der Waals surface area contributed by atoms with E-state index in [1.54, 1.807) is 0 Å². The van der Waals surface area contributed by atoms with E-state index in [9.17, 15) is 13.2 Å². The van der Waals surface area contributed by atoms with Crippen LogP contribution >= 0.6 is 0 Å². The van der Waals surface area contributed by atoms with Crippen LogP contribution in [0.4, 0.5) is 0 Å². The van der Waals surface area contributed by atoms with Gasteiger partial charge in [0, 0.05) is 11.5 Å². The van der Waals surface area contributed by atoms with Crippen LogP contribution < -0.4 is 10.3 Å². The van der Waals surface area contributed by atoms with Crippen LogP contribution in [-0.4, -0.2) is 37.4 Å². The molecule has 0 saturated heterocycles. The normalized spacial score (nSPS) is 12.7. The van der Waals surface area contributed by atoms with E-state index < -0.39 is 34.4 Å². The lowest BCUT2D eigenvalue weighted by Gasteiger charge is -2.25. The summed E-state index contributed by atoms with van der Waals surface area (Å²) in [6.45, 7) is 0.279. The number of fused-ring (bicyclic) bond motifs is 1. The first kappa shape index (κ1) is 15.6. The lowest BCUT2D eigenvalue weighted by molar-refractivity contribution is 0.122. The molecule has 1 heterocycles. The molecule has 0 fully saturated rings. The number of aliphatic hydroxyl groups is 2. The molecule has 0 aliphatic rings. The third-order valence-electron chi connectivity index (χ3n) is 2.98. The second kappa shape index (κ2) is 5.57. The minimum absolute atomic E-state index is 0.0584. The molecule has 114 valence electrons. The van der Waals surface area contributed by atoms with Crippen LogP contribution in [0.15, 0.2) is 44.4 Å². The van der Waals surface area contributed by atoms with Crippen molar-refractivity contribution in [3.63, 3.8) is 0 Å². The summed E-state index contributed by atoms with van der Waals surface area (Å²) in [5.74, 6) is 0. The molecule has 1 aromatic heterocycles. The zero-order valence-electron chi connectivity index (χ0n) is 11.2. The number of hydrogen-bond donors (Lipinski definition) is 3. The summed E-state index contributed by atoms with van der Waals surface area (Å²) in [4.78, 5) is 11.0. The molecular formula is C13H15NO6S. The van der Waals surface area contributed by atoms with Crippen molar-refractivity contribution in [3.8, 4) is 0 Å². The second-order valence-electron chi connectivity index (χ2n) is 4.94. The smallest absolute Gasteiger partial charge is 0.336 e. The molecule has 0 aliphatic carbocycles. The summed E-state index contributed by atoms with van der Waals surface area (Å²) in [5, 5.41) is 18.8. The van der Waals surface area contributed by atoms with E-state index >= 15 is 0 Å². The highest BCUT2D eigenvalue weighted by molar-refractivity contribution is 7.89. The summed E-state index contributed by atoms with van der Waals surface area (Å²) in [7, 11) is -3.93. The van der Waals surface area contributed by atoms with Gasteiger partial charge in [-0.05, 0) is 31.2 Å². The Labute approximate surface area is 120 Å². The summed E-state index contributed by atoms with van der Waals surface area (Å²) in [6.07, 6.45) is 0. The van der Waals surface area contributed by atoms with Crippen molar-refractivity contribution < 1.29 is 23.0 Å². The summed E-state index contributed by atoms with van der Waals surface area (Å²) in [5.41, 5.74) is -1.62. The van der Waals surface area contributed by atoms with E-state index in [0.717, 1.165) is 0 Å². The fraction of sp³-hybridized carbons (Fsp3) is 0.308. The molecule has 21 heavy (non-hydrogen) atoms. The number of hydrogen-bond acceptors (Lipinski definition) is 6. The van der Waals surface area contributed by atoms with Crippen molar-refractivity contribution >= 4 is 21.0 Å². The van der Waals surface area contributed by atoms with Gasteiger partial charge in [0.1, 0.15) is 5.58 Å². The van der Waals surface area contributed by atoms with Gasteiger partial charge in [-0.3, -0.25) is 0 Å². The van der Waals surface area contributed by atoms with Crippen LogP contribution in [0.25, 0.3) is 11.0 Å². The molecular weight excluding hydrogens is 298 g/mol. The van der Waals surface area contributed by atoms with Crippen LogP contribution in [0.5, 0.6) is 0 Å². The predicted molar refractivity (Wildman–Crippen MR) is 75.4 cm³/mol. The highest BCUT2D eigenvalue weighted by atomic mass is 32.2. The van der Waals surface area contributed by atoms with Gasteiger partial charge < -0.3 is 14.6 Å². The first-order valence-electron chi connectivity index (χ1n) is 6.09. The number of rotatable bonds is 5. The summed E-state index contributed by atoms with van der Waals surface area (Å²) >= 11 is 0. The Morgan fingerprint density at radius 3 is 2.48 bits per heavy atom. The quantitative estimate of drug-likeness (QED) is 0.659. The number of aliphatic hydroxyl groups excluding tert-OH is 2. The molecule has 0 radical (unpaired) electrons. The Balaban J connectivity index is 2.45. The van der Waals surface area contributed by atoms with Crippen LogP contribution in [0.1, 0.15) is 6.92 Å². The number of sulfonamides is 1. The van der Waals surface area contributed by atoms with E-state index in [4.69, 9.17) is 14.6 Å². The molecule has 0 aliphatic heterocycles. The van der Waals surface area contributed by atoms with Gasteiger partial charge in [-0.15, -0.1) is 0 Å². The SMILES string of the molecule is CC(CO)(CO)NS(=O)(=O)c1ccc2oc(=O)ccc2c1. The van der Waals surface area contributed by atoms with E-state index in [0.29, 0.717) is 5.39 Å². The zero-order valence-corrected chi connectivity index (χ0v) is 12.1. The number of nitrogens with one attached hydrogen (secondary N) is 1. The minimum atomic E-state index is -3.93. The highest BCUT2D eigenvalue weighted by Crippen LogP contribution is 2.19. The molecule has 0 amide bonds. The Hall–Kier alpha value is -1.74. The highest BCUT2D eigenvalue weighted by Gasteiger charge is 2.29. The monoisotopic (exact) mass is 313 g/mol. The average molecular weight is 313 g/mol. The van der Waals surface area contributed by atoms with Crippen LogP contribution in [0.3, 0.4) is 0 Å². The molecule has 0 bridgehead atoms. The molecule has 1 aromatic carbocycles. The Kier molecular flexibility index (Phi) is 4.15. The second-order valence-corrected chi connectivity index (χ2v) is 6.62. The maximum atomic E-state index is 12.3.